The molecular formula is C14H13NO4. The summed E-state index contributed by atoms with van der Waals surface area (Å²) >= 11 is 0. The molecule has 1 aromatic heterocycles. The van der Waals surface area contributed by atoms with Gasteiger partial charge in [0.25, 0.3) is 0 Å². The van der Waals surface area contributed by atoms with E-state index in [2.05, 4.69) is 9.72 Å². The van der Waals surface area contributed by atoms with E-state index in [1.165, 1.54) is 7.11 Å². The Balaban J connectivity index is 1.93. The highest BCUT2D eigenvalue weighted by atomic mass is 16.5. The Kier molecular flexibility index (Phi) is 3.97. The quantitative estimate of drug-likeness (QED) is 0.854. The van der Waals surface area contributed by atoms with Crippen molar-refractivity contribution in [2.75, 3.05) is 7.11 Å². The van der Waals surface area contributed by atoms with Gasteiger partial charge in [-0.3, -0.25) is 0 Å². The molecule has 0 fully saturated rings. The van der Waals surface area contributed by atoms with E-state index >= 15 is 0 Å². The van der Waals surface area contributed by atoms with Crippen LogP contribution >= 0.6 is 0 Å². The fourth-order valence-corrected chi connectivity index (χ4v) is 1.54. The highest BCUT2D eigenvalue weighted by molar-refractivity contribution is 5.89. The molecular weight excluding hydrogens is 246 g/mol. The van der Waals surface area contributed by atoms with Gasteiger partial charge in [0.2, 0.25) is 0 Å². The Morgan fingerprint density at radius 3 is 2.42 bits per heavy atom. The Hall–Kier alpha value is -2.56. The van der Waals surface area contributed by atoms with Crippen molar-refractivity contribution in [2.45, 2.75) is 6.61 Å². The molecule has 19 heavy (non-hydrogen) atoms. The fourth-order valence-electron chi connectivity index (χ4n) is 1.54. The van der Waals surface area contributed by atoms with E-state index in [-0.39, 0.29) is 6.61 Å². The maximum absolute atomic E-state index is 11.6. The summed E-state index contributed by atoms with van der Waals surface area (Å²) in [4.78, 5) is 25.6. The van der Waals surface area contributed by atoms with Crippen LogP contribution in [0.4, 0.5) is 0 Å². The van der Waals surface area contributed by atoms with Crippen LogP contribution in [0, 0.1) is 0 Å². The molecule has 2 rings (SSSR count). The van der Waals surface area contributed by atoms with Gasteiger partial charge in [-0.25, -0.2) is 9.59 Å². The zero-order valence-electron chi connectivity index (χ0n) is 10.4. The lowest BCUT2D eigenvalue weighted by Crippen LogP contribution is -2.06. The monoisotopic (exact) mass is 259 g/mol. The van der Waals surface area contributed by atoms with Crippen molar-refractivity contribution >= 4 is 11.9 Å². The number of carbonyl (C=O) groups is 2. The van der Waals surface area contributed by atoms with E-state index in [0.717, 1.165) is 5.56 Å². The van der Waals surface area contributed by atoms with Gasteiger partial charge in [-0.1, -0.05) is 12.1 Å². The molecule has 98 valence electrons. The van der Waals surface area contributed by atoms with E-state index < -0.39 is 11.9 Å². The molecule has 2 aromatic rings. The minimum atomic E-state index is -0.415. The first-order chi connectivity index (χ1) is 9.20. The van der Waals surface area contributed by atoms with Crippen molar-refractivity contribution in [3.05, 3.63) is 59.4 Å². The number of hydrogen-bond donors (Lipinski definition) is 1. The van der Waals surface area contributed by atoms with E-state index in [1.54, 1.807) is 42.6 Å². The number of methoxy groups -OCH3 is 1. The second kappa shape index (κ2) is 5.86. The van der Waals surface area contributed by atoms with Crippen molar-refractivity contribution in [1.29, 1.82) is 0 Å². The predicted molar refractivity (Wildman–Crippen MR) is 67.7 cm³/mol. The lowest BCUT2D eigenvalue weighted by molar-refractivity contribution is 0.0465. The van der Waals surface area contributed by atoms with Crippen molar-refractivity contribution in [3.8, 4) is 0 Å². The Bertz CT molecular complexity index is 558. The average molecular weight is 259 g/mol. The zero-order chi connectivity index (χ0) is 13.7. The zero-order valence-corrected chi connectivity index (χ0v) is 10.4. The molecule has 0 amide bonds. The van der Waals surface area contributed by atoms with Gasteiger partial charge in [-0.15, -0.1) is 0 Å². The molecule has 1 aromatic carbocycles. The number of hydrogen-bond acceptors (Lipinski definition) is 4. The van der Waals surface area contributed by atoms with Crippen LogP contribution in [-0.4, -0.2) is 24.0 Å². The Morgan fingerprint density at radius 2 is 1.84 bits per heavy atom. The minimum Gasteiger partial charge on any atom is -0.465 e. The van der Waals surface area contributed by atoms with Crippen LogP contribution in [0.5, 0.6) is 0 Å². The van der Waals surface area contributed by atoms with Crippen LogP contribution in [0.3, 0.4) is 0 Å². The normalized spacial score (nSPS) is 9.95. The van der Waals surface area contributed by atoms with E-state index in [1.807, 2.05) is 0 Å². The first kappa shape index (κ1) is 12.9. The molecule has 0 aliphatic carbocycles. The molecule has 0 saturated carbocycles. The summed E-state index contributed by atoms with van der Waals surface area (Å²) in [6, 6.07) is 10.1. The second-order valence-corrected chi connectivity index (χ2v) is 3.85. The van der Waals surface area contributed by atoms with Gasteiger partial charge in [0.05, 0.1) is 12.7 Å². The summed E-state index contributed by atoms with van der Waals surface area (Å²) in [5, 5.41) is 0. The largest absolute Gasteiger partial charge is 0.465 e. The van der Waals surface area contributed by atoms with Crippen LogP contribution in [0.25, 0.3) is 0 Å². The summed E-state index contributed by atoms with van der Waals surface area (Å²) in [6.07, 6.45) is 1.65. The number of aromatic nitrogens is 1. The minimum absolute atomic E-state index is 0.152. The molecule has 0 saturated heterocycles. The number of nitrogens with one attached hydrogen (secondary N) is 1. The Labute approximate surface area is 110 Å². The van der Waals surface area contributed by atoms with Crippen molar-refractivity contribution in [3.63, 3.8) is 0 Å². The topological polar surface area (TPSA) is 68.4 Å². The third-order valence-electron chi connectivity index (χ3n) is 2.56. The third kappa shape index (κ3) is 3.22. The smallest absolute Gasteiger partial charge is 0.355 e. The molecule has 0 spiro atoms. The van der Waals surface area contributed by atoms with Crippen molar-refractivity contribution in [2.24, 2.45) is 0 Å². The molecule has 1 N–H and O–H groups in total. The molecule has 5 nitrogen and oxygen atoms in total. The summed E-state index contributed by atoms with van der Waals surface area (Å²) in [5.41, 5.74) is 1.67. The molecule has 0 atom stereocenters. The van der Waals surface area contributed by atoms with E-state index in [4.69, 9.17) is 4.74 Å². The van der Waals surface area contributed by atoms with Gasteiger partial charge in [0.1, 0.15) is 12.3 Å². The number of benzene rings is 1. The number of rotatable bonds is 4. The summed E-state index contributed by atoms with van der Waals surface area (Å²) in [5.74, 6) is -0.808. The second-order valence-electron chi connectivity index (χ2n) is 3.85. The van der Waals surface area contributed by atoms with Crippen molar-refractivity contribution < 1.29 is 19.1 Å². The van der Waals surface area contributed by atoms with E-state index in [9.17, 15) is 9.59 Å². The number of carbonyl (C=O) groups excluding carboxylic acids is 2. The molecule has 0 aliphatic rings. The summed E-state index contributed by atoms with van der Waals surface area (Å²) in [6.45, 7) is 0.152. The van der Waals surface area contributed by atoms with E-state index in [0.29, 0.717) is 11.3 Å². The third-order valence-corrected chi connectivity index (χ3v) is 2.56. The first-order valence-corrected chi connectivity index (χ1v) is 5.68. The van der Waals surface area contributed by atoms with Gasteiger partial charge in [0, 0.05) is 6.20 Å². The van der Waals surface area contributed by atoms with Crippen LogP contribution < -0.4 is 0 Å². The van der Waals surface area contributed by atoms with Gasteiger partial charge in [-0.05, 0) is 29.8 Å². The van der Waals surface area contributed by atoms with Gasteiger partial charge < -0.3 is 14.5 Å². The standard InChI is InChI=1S/C14H13NO4/c1-18-13(16)11-6-4-10(5-7-11)9-19-14(17)12-3-2-8-15-12/h2-8,15H,9H2,1H3. The van der Waals surface area contributed by atoms with Gasteiger partial charge in [-0.2, -0.15) is 0 Å². The number of ether oxygens (including phenoxy) is 2. The van der Waals surface area contributed by atoms with Crippen LogP contribution in [-0.2, 0) is 16.1 Å². The highest BCUT2D eigenvalue weighted by Gasteiger charge is 2.08. The van der Waals surface area contributed by atoms with Crippen LogP contribution in [0.2, 0.25) is 0 Å². The first-order valence-electron chi connectivity index (χ1n) is 5.68. The fraction of sp³-hybridized carbons (Fsp3) is 0.143. The predicted octanol–water partition coefficient (Wildman–Crippen LogP) is 2.16. The number of esters is 2. The van der Waals surface area contributed by atoms with Gasteiger partial charge in [0.15, 0.2) is 0 Å². The van der Waals surface area contributed by atoms with Crippen molar-refractivity contribution in [1.82, 2.24) is 4.98 Å². The van der Waals surface area contributed by atoms with Crippen LogP contribution in [0.15, 0.2) is 42.6 Å². The maximum atomic E-state index is 11.6. The molecule has 0 radical (unpaired) electrons. The lowest BCUT2D eigenvalue weighted by Gasteiger charge is -2.04. The number of aromatic amines is 1. The Morgan fingerprint density at radius 1 is 1.11 bits per heavy atom. The number of H-pyrrole nitrogens is 1. The highest BCUT2D eigenvalue weighted by Crippen LogP contribution is 2.08. The molecule has 1 heterocycles. The molecule has 0 bridgehead atoms. The molecule has 0 unspecified atom stereocenters. The maximum Gasteiger partial charge on any atom is 0.355 e. The summed E-state index contributed by atoms with van der Waals surface area (Å²) in [7, 11) is 1.33. The molecule has 0 aliphatic heterocycles. The molecule has 5 heteroatoms. The van der Waals surface area contributed by atoms with Crippen LogP contribution in [0.1, 0.15) is 26.4 Å². The summed E-state index contributed by atoms with van der Waals surface area (Å²) < 4.78 is 9.71. The SMILES string of the molecule is COC(=O)c1ccc(COC(=O)c2ccc[nH]2)cc1. The average Bonchev–Trinajstić information content (AvgIpc) is 2.98. The lowest BCUT2D eigenvalue weighted by atomic mass is 10.1. The van der Waals surface area contributed by atoms with Gasteiger partial charge >= 0.3 is 11.9 Å².